The number of aromatic nitrogens is 3. The maximum absolute atomic E-state index is 13.4. The van der Waals surface area contributed by atoms with Gasteiger partial charge in [-0.1, -0.05) is 20.8 Å². The Morgan fingerprint density at radius 1 is 1.27 bits per heavy atom. The van der Waals surface area contributed by atoms with Gasteiger partial charge in [0.1, 0.15) is 5.82 Å². The second-order valence-electron chi connectivity index (χ2n) is 9.68. The second kappa shape index (κ2) is 8.38. The number of aryl methyl sites for hydroxylation is 1. The third-order valence-electron chi connectivity index (χ3n) is 5.49. The summed E-state index contributed by atoms with van der Waals surface area (Å²) in [6.45, 7) is 3.93. The molecule has 0 aliphatic heterocycles. The minimum Gasteiger partial charge on any atom is -0.355 e. The molecule has 0 bridgehead atoms. The first-order valence-electron chi connectivity index (χ1n) is 12.3. The number of hydrogen-bond donors (Lipinski definition) is 3. The Balaban J connectivity index is 1.78. The van der Waals surface area contributed by atoms with Crippen LogP contribution in [0.1, 0.15) is 48.1 Å². The molecule has 33 heavy (non-hydrogen) atoms. The normalized spacial score (nSPS) is 15.5. The number of carbonyl (C=O) groups excluding carboxylic acids is 2. The lowest BCUT2D eigenvalue weighted by Gasteiger charge is -2.20. The Bertz CT molecular complexity index is 1400. The molecule has 3 aromatic heterocycles. The molecule has 3 heterocycles. The van der Waals surface area contributed by atoms with Crippen LogP contribution in [-0.2, 0) is 18.4 Å². The topological polar surface area (TPSA) is 110 Å². The maximum atomic E-state index is 13.4. The summed E-state index contributed by atoms with van der Waals surface area (Å²) in [5.41, 5.74) is 0.969. The second-order valence-corrected chi connectivity index (χ2v) is 9.68. The third kappa shape index (κ3) is 4.76. The van der Waals surface area contributed by atoms with E-state index in [4.69, 9.17) is 4.11 Å². The van der Waals surface area contributed by atoms with E-state index in [1.807, 2.05) is 32.2 Å². The SMILES string of the molecule is [2H]C([2H])([2H])NC(=O)c1cnc(NC(=O)C2CC2)cc1Nc1cn(C)c2ccn(CC(C)(C)C)c(=O)c12. The van der Waals surface area contributed by atoms with E-state index in [-0.39, 0.29) is 39.9 Å². The highest BCUT2D eigenvalue weighted by Crippen LogP contribution is 2.32. The monoisotopic (exact) mass is 453 g/mol. The van der Waals surface area contributed by atoms with Crippen molar-refractivity contribution in [3.63, 3.8) is 0 Å². The number of amides is 2. The van der Waals surface area contributed by atoms with Gasteiger partial charge in [-0.05, 0) is 24.3 Å². The minimum atomic E-state index is -2.70. The quantitative estimate of drug-likeness (QED) is 0.531. The number of fused-ring (bicyclic) bond motifs is 1. The highest BCUT2D eigenvalue weighted by molar-refractivity contribution is 6.03. The summed E-state index contributed by atoms with van der Waals surface area (Å²) in [5.74, 6) is -0.870. The van der Waals surface area contributed by atoms with Crippen LogP contribution in [-0.4, -0.2) is 32.9 Å². The summed E-state index contributed by atoms with van der Waals surface area (Å²) in [4.78, 5) is 42.6. The van der Waals surface area contributed by atoms with Crippen molar-refractivity contribution >= 4 is 39.9 Å². The van der Waals surface area contributed by atoms with E-state index in [0.717, 1.165) is 12.8 Å². The summed E-state index contributed by atoms with van der Waals surface area (Å²) >= 11 is 0. The fourth-order valence-electron chi connectivity index (χ4n) is 3.76. The molecule has 0 saturated heterocycles. The molecule has 0 atom stereocenters. The number of carbonyl (C=O) groups is 2. The largest absolute Gasteiger partial charge is 0.355 e. The molecule has 1 aliphatic rings. The van der Waals surface area contributed by atoms with Gasteiger partial charge in [0.15, 0.2) is 0 Å². The number of hydrogen-bond acceptors (Lipinski definition) is 5. The third-order valence-corrected chi connectivity index (χ3v) is 5.49. The van der Waals surface area contributed by atoms with E-state index >= 15 is 0 Å². The molecule has 0 aromatic carbocycles. The average Bonchev–Trinajstić information content (AvgIpc) is 3.53. The van der Waals surface area contributed by atoms with Crippen LogP contribution in [0.2, 0.25) is 0 Å². The fraction of sp³-hybridized carbons (Fsp3) is 0.417. The molecular formula is C24H30N6O3. The van der Waals surface area contributed by atoms with Gasteiger partial charge in [0.25, 0.3) is 11.5 Å². The molecular weight excluding hydrogens is 420 g/mol. The van der Waals surface area contributed by atoms with E-state index < -0.39 is 12.9 Å². The van der Waals surface area contributed by atoms with Gasteiger partial charge in [-0.25, -0.2) is 4.98 Å². The van der Waals surface area contributed by atoms with E-state index in [1.54, 1.807) is 28.6 Å². The molecule has 1 saturated carbocycles. The lowest BCUT2D eigenvalue weighted by atomic mass is 9.97. The Kier molecular flexibility index (Phi) is 4.80. The lowest BCUT2D eigenvalue weighted by molar-refractivity contribution is -0.117. The van der Waals surface area contributed by atoms with E-state index in [9.17, 15) is 14.4 Å². The number of nitrogens with zero attached hydrogens (tertiary/aromatic N) is 3. The number of rotatable bonds is 6. The lowest BCUT2D eigenvalue weighted by Crippen LogP contribution is -2.26. The molecule has 174 valence electrons. The van der Waals surface area contributed by atoms with Crippen molar-refractivity contribution in [3.8, 4) is 0 Å². The zero-order chi connectivity index (χ0) is 26.4. The van der Waals surface area contributed by atoms with Crippen molar-refractivity contribution in [2.45, 2.75) is 40.2 Å². The van der Waals surface area contributed by atoms with Crippen LogP contribution in [0.4, 0.5) is 17.2 Å². The molecule has 0 radical (unpaired) electrons. The van der Waals surface area contributed by atoms with Crippen molar-refractivity contribution in [1.82, 2.24) is 19.4 Å². The molecule has 1 aliphatic carbocycles. The predicted molar refractivity (Wildman–Crippen MR) is 129 cm³/mol. The Morgan fingerprint density at radius 3 is 2.70 bits per heavy atom. The van der Waals surface area contributed by atoms with E-state index in [0.29, 0.717) is 23.1 Å². The van der Waals surface area contributed by atoms with Crippen molar-refractivity contribution in [1.29, 1.82) is 0 Å². The average molecular weight is 454 g/mol. The van der Waals surface area contributed by atoms with Crippen LogP contribution in [0.3, 0.4) is 0 Å². The fourth-order valence-corrected chi connectivity index (χ4v) is 3.76. The van der Waals surface area contributed by atoms with Crippen LogP contribution in [0.15, 0.2) is 35.5 Å². The van der Waals surface area contributed by atoms with Crippen LogP contribution in [0.5, 0.6) is 0 Å². The van der Waals surface area contributed by atoms with Gasteiger partial charge >= 0.3 is 0 Å². The van der Waals surface area contributed by atoms with Crippen LogP contribution < -0.4 is 21.5 Å². The molecule has 0 unspecified atom stereocenters. The van der Waals surface area contributed by atoms with Crippen LogP contribution in [0, 0.1) is 11.3 Å². The van der Waals surface area contributed by atoms with Gasteiger partial charge in [0, 0.05) is 55.3 Å². The van der Waals surface area contributed by atoms with Crippen molar-refractivity contribution in [2.75, 3.05) is 17.6 Å². The van der Waals surface area contributed by atoms with Gasteiger partial charge in [-0.3, -0.25) is 14.4 Å². The van der Waals surface area contributed by atoms with Gasteiger partial charge in [-0.2, -0.15) is 0 Å². The highest BCUT2D eigenvalue weighted by atomic mass is 16.2. The van der Waals surface area contributed by atoms with E-state index in [2.05, 4.69) is 15.6 Å². The predicted octanol–water partition coefficient (Wildman–Crippen LogP) is 3.23. The van der Waals surface area contributed by atoms with Crippen LogP contribution >= 0.6 is 0 Å². The first kappa shape index (κ1) is 18.9. The Morgan fingerprint density at radius 2 is 2.03 bits per heavy atom. The molecule has 1 fully saturated rings. The van der Waals surface area contributed by atoms with Gasteiger partial charge in [0.05, 0.1) is 27.8 Å². The molecule has 9 nitrogen and oxygen atoms in total. The molecule has 4 rings (SSSR count). The standard InChI is InChI=1S/C24H30N6O3/c1-24(2,3)13-30-9-8-18-20(23(30)33)17(12-29(18)5)27-16-10-19(28-21(31)14-6-7-14)26-11-15(16)22(32)25-4/h8-12,14H,6-7,13H2,1-5H3,(H,25,32)(H2,26,27,28,31)/i4D3. The molecule has 3 aromatic rings. The summed E-state index contributed by atoms with van der Waals surface area (Å²) < 4.78 is 25.6. The molecule has 3 N–H and O–H groups in total. The van der Waals surface area contributed by atoms with Gasteiger partial charge in [-0.15, -0.1) is 0 Å². The summed E-state index contributed by atoms with van der Waals surface area (Å²) in [7, 11) is 1.80. The first-order valence-corrected chi connectivity index (χ1v) is 10.8. The highest BCUT2D eigenvalue weighted by Gasteiger charge is 2.30. The maximum Gasteiger partial charge on any atom is 0.262 e. The van der Waals surface area contributed by atoms with Crippen molar-refractivity contribution < 1.29 is 13.7 Å². The Hall–Kier alpha value is -3.62. The van der Waals surface area contributed by atoms with Gasteiger partial charge < -0.3 is 25.1 Å². The minimum absolute atomic E-state index is 0.0431. The Labute approximate surface area is 196 Å². The number of nitrogens with one attached hydrogen (secondary N) is 3. The van der Waals surface area contributed by atoms with Crippen LogP contribution in [0.25, 0.3) is 10.9 Å². The summed E-state index contributed by atoms with van der Waals surface area (Å²) in [6, 6.07) is 3.31. The first-order chi connectivity index (χ1) is 16.7. The smallest absolute Gasteiger partial charge is 0.262 e. The summed E-state index contributed by atoms with van der Waals surface area (Å²) in [6.07, 6.45) is 6.31. The van der Waals surface area contributed by atoms with Crippen molar-refractivity contribution in [3.05, 3.63) is 46.6 Å². The molecule has 2 amide bonds. The number of anilines is 3. The molecule has 9 heteroatoms. The zero-order valence-corrected chi connectivity index (χ0v) is 19.2. The van der Waals surface area contributed by atoms with Crippen molar-refractivity contribution in [2.24, 2.45) is 18.4 Å². The summed E-state index contributed by atoms with van der Waals surface area (Å²) in [5, 5.41) is 8.24. The number of pyridine rings is 2. The zero-order valence-electron chi connectivity index (χ0n) is 22.2. The van der Waals surface area contributed by atoms with E-state index in [1.165, 1.54) is 12.3 Å². The van der Waals surface area contributed by atoms with Gasteiger partial charge in [0.2, 0.25) is 5.91 Å². The molecule has 0 spiro atoms.